The average molecular weight is 372 g/mol. The maximum atomic E-state index is 13.6. The number of hydrogen-bond donors (Lipinski definition) is 1. The van der Waals surface area contributed by atoms with Crippen molar-refractivity contribution in [3.8, 4) is 5.75 Å². The minimum absolute atomic E-state index is 0.0194. The second-order valence-electron chi connectivity index (χ2n) is 5.02. The predicted octanol–water partition coefficient (Wildman–Crippen LogP) is 2.56. The summed E-state index contributed by atoms with van der Waals surface area (Å²) in [5.74, 6) is -1.59. The number of benzene rings is 1. The number of carbonyl (C=O) groups is 1. The second kappa shape index (κ2) is 7.27. The van der Waals surface area contributed by atoms with Crippen molar-refractivity contribution >= 4 is 27.3 Å². The molecule has 2 aromatic rings. The Labute approximate surface area is 143 Å². The number of para-hydroxylation sites is 1. The van der Waals surface area contributed by atoms with E-state index in [1.807, 2.05) is 4.72 Å². The highest BCUT2D eigenvalue weighted by atomic mass is 32.2. The van der Waals surface area contributed by atoms with E-state index in [2.05, 4.69) is 4.98 Å². The number of nitrogens with one attached hydrogen (secondary N) is 1. The zero-order valence-electron chi connectivity index (χ0n) is 13.4. The van der Waals surface area contributed by atoms with Gasteiger partial charge in [0.15, 0.2) is 21.9 Å². The highest BCUT2D eigenvalue weighted by Crippen LogP contribution is 2.23. The maximum Gasteiger partial charge on any atom is 0.275 e. The standard InChI is InChI=1S/C15H17FN2O4S2/c1-4-12(22-13-8-6-5-7-11(13)16)14(19)18-24(20,21)15-9(2)17-10(3)23-15/h5-8,12H,4H2,1-3H3,(H,18,19)/t12-/m1/s1. The normalized spacial score (nSPS) is 12.7. The fourth-order valence-corrected chi connectivity index (χ4v) is 4.52. The molecule has 0 spiro atoms. The SMILES string of the molecule is CC[C@@H](Oc1ccccc1F)C(=O)NS(=O)(=O)c1sc(C)nc1C. The maximum absolute atomic E-state index is 13.6. The quantitative estimate of drug-likeness (QED) is 0.842. The summed E-state index contributed by atoms with van der Waals surface area (Å²) in [6.45, 7) is 4.87. The molecule has 0 bridgehead atoms. The van der Waals surface area contributed by atoms with Crippen LogP contribution >= 0.6 is 11.3 Å². The van der Waals surface area contributed by atoms with Gasteiger partial charge >= 0.3 is 0 Å². The van der Waals surface area contributed by atoms with Crippen LogP contribution < -0.4 is 9.46 Å². The Bertz CT molecular complexity index is 849. The van der Waals surface area contributed by atoms with Crippen LogP contribution in [0.1, 0.15) is 24.0 Å². The Kier molecular flexibility index (Phi) is 5.55. The van der Waals surface area contributed by atoms with Crippen molar-refractivity contribution in [3.63, 3.8) is 0 Å². The summed E-state index contributed by atoms with van der Waals surface area (Å²) in [6.07, 6.45) is -0.956. The third-order valence-electron chi connectivity index (χ3n) is 3.11. The summed E-state index contributed by atoms with van der Waals surface area (Å²) in [4.78, 5) is 16.3. The molecule has 0 saturated heterocycles. The van der Waals surface area contributed by atoms with Gasteiger partial charge in [-0.2, -0.15) is 0 Å². The molecule has 9 heteroatoms. The van der Waals surface area contributed by atoms with E-state index in [0.29, 0.717) is 10.7 Å². The molecule has 1 amide bonds. The van der Waals surface area contributed by atoms with Gasteiger partial charge in [0.1, 0.15) is 0 Å². The van der Waals surface area contributed by atoms with Crippen molar-refractivity contribution in [2.45, 2.75) is 37.5 Å². The lowest BCUT2D eigenvalue weighted by molar-refractivity contribution is -0.126. The van der Waals surface area contributed by atoms with Crippen LogP contribution in [-0.4, -0.2) is 25.4 Å². The van der Waals surface area contributed by atoms with Gasteiger partial charge < -0.3 is 4.74 Å². The van der Waals surface area contributed by atoms with E-state index in [9.17, 15) is 17.6 Å². The molecule has 2 rings (SSSR count). The zero-order chi connectivity index (χ0) is 17.9. The monoisotopic (exact) mass is 372 g/mol. The number of aryl methyl sites for hydroxylation is 2. The zero-order valence-corrected chi connectivity index (χ0v) is 15.0. The lowest BCUT2D eigenvalue weighted by atomic mass is 10.2. The largest absolute Gasteiger partial charge is 0.478 e. The smallest absolute Gasteiger partial charge is 0.275 e. The van der Waals surface area contributed by atoms with Gasteiger partial charge in [0.05, 0.1) is 10.7 Å². The van der Waals surface area contributed by atoms with Gasteiger partial charge in [-0.15, -0.1) is 11.3 Å². The molecule has 1 heterocycles. The number of rotatable bonds is 6. The fraction of sp³-hybridized carbons (Fsp3) is 0.333. The predicted molar refractivity (Wildman–Crippen MR) is 88.0 cm³/mol. The Morgan fingerprint density at radius 3 is 2.58 bits per heavy atom. The molecular weight excluding hydrogens is 355 g/mol. The van der Waals surface area contributed by atoms with E-state index in [1.165, 1.54) is 18.2 Å². The van der Waals surface area contributed by atoms with Crippen LogP contribution in [0.5, 0.6) is 5.75 Å². The number of amides is 1. The highest BCUT2D eigenvalue weighted by Gasteiger charge is 2.28. The first-order chi connectivity index (χ1) is 11.2. The van der Waals surface area contributed by atoms with E-state index in [0.717, 1.165) is 11.3 Å². The number of halogens is 1. The third kappa shape index (κ3) is 4.09. The van der Waals surface area contributed by atoms with E-state index >= 15 is 0 Å². The van der Waals surface area contributed by atoms with E-state index in [-0.39, 0.29) is 16.4 Å². The lowest BCUT2D eigenvalue weighted by Gasteiger charge is -2.17. The van der Waals surface area contributed by atoms with Crippen molar-refractivity contribution < 1.29 is 22.3 Å². The number of nitrogens with zero attached hydrogens (tertiary/aromatic N) is 1. The number of carbonyl (C=O) groups excluding carboxylic acids is 1. The molecule has 0 unspecified atom stereocenters. The summed E-state index contributed by atoms with van der Waals surface area (Å²) in [5, 5.41) is 0.579. The van der Waals surface area contributed by atoms with Gasteiger partial charge in [0.25, 0.3) is 15.9 Å². The summed E-state index contributed by atoms with van der Waals surface area (Å²) >= 11 is 0.974. The van der Waals surface area contributed by atoms with Crippen molar-refractivity contribution in [2.24, 2.45) is 0 Å². The van der Waals surface area contributed by atoms with Crippen LogP contribution in [0.2, 0.25) is 0 Å². The van der Waals surface area contributed by atoms with Crippen molar-refractivity contribution in [2.75, 3.05) is 0 Å². The van der Waals surface area contributed by atoms with Gasteiger partial charge in [-0.1, -0.05) is 19.1 Å². The van der Waals surface area contributed by atoms with Crippen LogP contribution in [0.3, 0.4) is 0 Å². The Balaban J connectivity index is 2.17. The average Bonchev–Trinajstić information content (AvgIpc) is 2.85. The first-order valence-electron chi connectivity index (χ1n) is 7.16. The van der Waals surface area contributed by atoms with E-state index in [4.69, 9.17) is 4.74 Å². The summed E-state index contributed by atoms with van der Waals surface area (Å²) in [7, 11) is -4.04. The summed E-state index contributed by atoms with van der Waals surface area (Å²) in [5.41, 5.74) is 0.320. The first-order valence-corrected chi connectivity index (χ1v) is 9.46. The van der Waals surface area contributed by atoms with Crippen LogP contribution in [0.15, 0.2) is 28.5 Å². The minimum atomic E-state index is -4.04. The molecule has 0 aliphatic carbocycles. The molecule has 130 valence electrons. The number of hydrogen-bond acceptors (Lipinski definition) is 6. The molecule has 1 atom stereocenters. The minimum Gasteiger partial charge on any atom is -0.478 e. The van der Waals surface area contributed by atoms with Crippen molar-refractivity contribution in [1.29, 1.82) is 0 Å². The van der Waals surface area contributed by atoms with Crippen molar-refractivity contribution in [3.05, 3.63) is 40.8 Å². The molecule has 0 radical (unpaired) electrons. The number of sulfonamides is 1. The lowest BCUT2D eigenvalue weighted by Crippen LogP contribution is -2.41. The fourth-order valence-electron chi connectivity index (χ4n) is 2.02. The molecule has 1 N–H and O–H groups in total. The van der Waals surface area contributed by atoms with Crippen LogP contribution in [0.4, 0.5) is 4.39 Å². The van der Waals surface area contributed by atoms with Gasteiger partial charge in [0, 0.05) is 0 Å². The van der Waals surface area contributed by atoms with Gasteiger partial charge in [-0.25, -0.2) is 22.5 Å². The molecule has 0 aliphatic rings. The van der Waals surface area contributed by atoms with Crippen molar-refractivity contribution in [1.82, 2.24) is 9.71 Å². The number of ether oxygens (including phenoxy) is 1. The topological polar surface area (TPSA) is 85.4 Å². The van der Waals surface area contributed by atoms with Crippen LogP contribution in [0, 0.1) is 19.7 Å². The Hall–Kier alpha value is -2.00. The molecule has 6 nitrogen and oxygen atoms in total. The van der Waals surface area contributed by atoms with E-state index < -0.39 is 27.9 Å². The van der Waals surface area contributed by atoms with Gasteiger partial charge in [-0.05, 0) is 32.4 Å². The molecule has 1 aromatic carbocycles. The van der Waals surface area contributed by atoms with Crippen LogP contribution in [-0.2, 0) is 14.8 Å². The third-order valence-corrected chi connectivity index (χ3v) is 6.14. The highest BCUT2D eigenvalue weighted by molar-refractivity contribution is 7.92. The summed E-state index contributed by atoms with van der Waals surface area (Å²) in [6, 6.07) is 5.61. The molecule has 1 aromatic heterocycles. The Morgan fingerprint density at radius 2 is 2.04 bits per heavy atom. The first kappa shape index (κ1) is 18.3. The molecule has 0 aliphatic heterocycles. The summed E-state index contributed by atoms with van der Waals surface area (Å²) < 4.78 is 45.5. The molecule has 24 heavy (non-hydrogen) atoms. The second-order valence-corrected chi connectivity index (χ2v) is 8.10. The molecule has 0 fully saturated rings. The van der Waals surface area contributed by atoms with Crippen LogP contribution in [0.25, 0.3) is 0 Å². The van der Waals surface area contributed by atoms with Gasteiger partial charge in [0.2, 0.25) is 0 Å². The number of aromatic nitrogens is 1. The van der Waals surface area contributed by atoms with E-state index in [1.54, 1.807) is 26.8 Å². The van der Waals surface area contributed by atoms with Gasteiger partial charge in [-0.3, -0.25) is 4.79 Å². The Morgan fingerprint density at radius 1 is 1.38 bits per heavy atom. The molecular formula is C15H17FN2O4S2. The molecule has 0 saturated carbocycles. The number of thiazole rings is 1.